The van der Waals surface area contributed by atoms with Crippen LogP contribution in [0.1, 0.15) is 33.6 Å². The first-order valence-electron chi connectivity index (χ1n) is 8.01. The number of hydrogen-bond donors (Lipinski definition) is 0. The Morgan fingerprint density at radius 2 is 1.88 bits per heavy atom. The number of carbonyl (C=O) groups is 3. The van der Waals surface area contributed by atoms with Gasteiger partial charge in [-0.2, -0.15) is 0 Å². The van der Waals surface area contributed by atoms with Crippen LogP contribution in [-0.2, 0) is 9.53 Å². The highest BCUT2D eigenvalue weighted by atomic mass is 35.5. The summed E-state index contributed by atoms with van der Waals surface area (Å²) in [7, 11) is 0. The SMILES string of the molecule is O=C(COC(=O)c1cc(Cl)ccc1F)c1ccc(N2CCCC2=O)cc1. The molecule has 0 spiro atoms. The maximum Gasteiger partial charge on any atom is 0.341 e. The summed E-state index contributed by atoms with van der Waals surface area (Å²) in [5.74, 6) is -2.11. The molecule has 0 unspecified atom stereocenters. The van der Waals surface area contributed by atoms with E-state index in [4.69, 9.17) is 16.3 Å². The standard InChI is InChI=1S/C19H15ClFNO4/c20-13-5-8-16(21)15(10-13)19(25)26-11-17(23)12-3-6-14(7-4-12)22-9-1-2-18(22)24/h3-8,10H,1-2,9,11H2. The minimum Gasteiger partial charge on any atom is -0.454 e. The number of amides is 1. The zero-order valence-corrected chi connectivity index (χ0v) is 14.5. The Kier molecular flexibility index (Phi) is 5.32. The highest BCUT2D eigenvalue weighted by molar-refractivity contribution is 6.30. The summed E-state index contributed by atoms with van der Waals surface area (Å²) in [5, 5.41) is 0.191. The molecule has 5 nitrogen and oxygen atoms in total. The quantitative estimate of drug-likeness (QED) is 0.591. The highest BCUT2D eigenvalue weighted by Gasteiger charge is 2.22. The van der Waals surface area contributed by atoms with E-state index in [9.17, 15) is 18.8 Å². The van der Waals surface area contributed by atoms with Gasteiger partial charge in [-0.3, -0.25) is 9.59 Å². The Bertz CT molecular complexity index is 866. The normalized spacial score (nSPS) is 13.8. The predicted octanol–water partition coefficient (Wildman–Crippen LogP) is 3.65. The van der Waals surface area contributed by atoms with E-state index in [-0.39, 0.29) is 16.5 Å². The molecule has 1 amide bonds. The Hall–Kier alpha value is -2.73. The van der Waals surface area contributed by atoms with Crippen LogP contribution in [0.15, 0.2) is 42.5 Å². The molecule has 0 aliphatic carbocycles. The molecular formula is C19H15ClFNO4. The average molecular weight is 376 g/mol. The number of carbonyl (C=O) groups excluding carboxylic acids is 3. The summed E-state index contributed by atoms with van der Waals surface area (Å²) in [6, 6.07) is 9.99. The molecule has 0 N–H and O–H groups in total. The van der Waals surface area contributed by atoms with Crippen molar-refractivity contribution in [1.82, 2.24) is 0 Å². The fourth-order valence-electron chi connectivity index (χ4n) is 2.69. The van der Waals surface area contributed by atoms with Crippen LogP contribution in [0.5, 0.6) is 0 Å². The van der Waals surface area contributed by atoms with Gasteiger partial charge in [0.15, 0.2) is 12.4 Å². The fraction of sp³-hybridized carbons (Fsp3) is 0.211. The van der Waals surface area contributed by atoms with Crippen LogP contribution in [-0.4, -0.2) is 30.8 Å². The molecule has 1 fully saturated rings. The number of hydrogen-bond acceptors (Lipinski definition) is 4. The Morgan fingerprint density at radius 1 is 1.15 bits per heavy atom. The number of esters is 1. The van der Waals surface area contributed by atoms with Crippen LogP contribution in [0.4, 0.5) is 10.1 Å². The van der Waals surface area contributed by atoms with E-state index in [1.165, 1.54) is 6.07 Å². The van der Waals surface area contributed by atoms with Gasteiger partial charge in [-0.1, -0.05) is 11.6 Å². The average Bonchev–Trinajstić information content (AvgIpc) is 3.07. The van der Waals surface area contributed by atoms with Crippen molar-refractivity contribution in [3.63, 3.8) is 0 Å². The summed E-state index contributed by atoms with van der Waals surface area (Å²) >= 11 is 5.73. The second-order valence-electron chi connectivity index (χ2n) is 5.82. The van der Waals surface area contributed by atoms with Crippen LogP contribution in [0.2, 0.25) is 5.02 Å². The third-order valence-electron chi connectivity index (χ3n) is 4.06. The lowest BCUT2D eigenvalue weighted by atomic mass is 10.1. The van der Waals surface area contributed by atoms with Gasteiger partial charge in [-0.25, -0.2) is 9.18 Å². The molecule has 26 heavy (non-hydrogen) atoms. The molecule has 0 saturated carbocycles. The molecule has 0 aromatic heterocycles. The lowest BCUT2D eigenvalue weighted by Gasteiger charge is -2.15. The largest absolute Gasteiger partial charge is 0.454 e. The predicted molar refractivity (Wildman–Crippen MR) is 94.1 cm³/mol. The second-order valence-corrected chi connectivity index (χ2v) is 6.26. The molecule has 134 valence electrons. The molecule has 2 aromatic rings. The minimum absolute atomic E-state index is 0.0570. The van der Waals surface area contributed by atoms with E-state index in [2.05, 4.69) is 0 Å². The lowest BCUT2D eigenvalue weighted by molar-refractivity contribution is -0.117. The van der Waals surface area contributed by atoms with Crippen molar-refractivity contribution in [2.45, 2.75) is 12.8 Å². The van der Waals surface area contributed by atoms with Gasteiger partial charge in [0, 0.05) is 29.2 Å². The minimum atomic E-state index is -0.961. The zero-order chi connectivity index (χ0) is 18.7. The van der Waals surface area contributed by atoms with Gasteiger partial charge in [0.05, 0.1) is 5.56 Å². The molecular weight excluding hydrogens is 361 g/mol. The fourth-order valence-corrected chi connectivity index (χ4v) is 2.87. The van der Waals surface area contributed by atoms with Crippen LogP contribution >= 0.6 is 11.6 Å². The van der Waals surface area contributed by atoms with E-state index in [0.29, 0.717) is 18.5 Å². The topological polar surface area (TPSA) is 63.7 Å². The maximum absolute atomic E-state index is 13.6. The van der Waals surface area contributed by atoms with Crippen LogP contribution in [0.25, 0.3) is 0 Å². The van der Waals surface area contributed by atoms with E-state index in [1.54, 1.807) is 29.2 Å². The summed E-state index contributed by atoms with van der Waals surface area (Å²) < 4.78 is 18.5. The third-order valence-corrected chi connectivity index (χ3v) is 4.29. The Labute approximate surface area is 154 Å². The van der Waals surface area contributed by atoms with E-state index in [0.717, 1.165) is 24.2 Å². The summed E-state index contributed by atoms with van der Waals surface area (Å²) in [6.07, 6.45) is 1.34. The summed E-state index contributed by atoms with van der Waals surface area (Å²) in [4.78, 5) is 37.4. The smallest absolute Gasteiger partial charge is 0.341 e. The van der Waals surface area contributed by atoms with Crippen molar-refractivity contribution < 1.29 is 23.5 Å². The molecule has 1 aliphatic rings. The monoisotopic (exact) mass is 375 g/mol. The molecule has 2 aromatic carbocycles. The first-order valence-corrected chi connectivity index (χ1v) is 8.39. The van der Waals surface area contributed by atoms with Crippen molar-refractivity contribution in [2.24, 2.45) is 0 Å². The number of ether oxygens (including phenoxy) is 1. The van der Waals surface area contributed by atoms with Crippen molar-refractivity contribution in [3.8, 4) is 0 Å². The third kappa shape index (κ3) is 3.91. The molecule has 0 radical (unpaired) electrons. The van der Waals surface area contributed by atoms with Gasteiger partial charge in [-0.15, -0.1) is 0 Å². The molecule has 0 atom stereocenters. The molecule has 0 bridgehead atoms. The van der Waals surface area contributed by atoms with E-state index in [1.807, 2.05) is 0 Å². The van der Waals surface area contributed by atoms with Crippen LogP contribution in [0, 0.1) is 5.82 Å². The Balaban J connectivity index is 1.62. The van der Waals surface area contributed by atoms with Crippen LogP contribution < -0.4 is 4.90 Å². The lowest BCUT2D eigenvalue weighted by Crippen LogP contribution is -2.23. The zero-order valence-electron chi connectivity index (χ0n) is 13.7. The number of rotatable bonds is 5. The number of Topliss-reactive ketones (excluding diaryl/α,β-unsaturated/α-hetero) is 1. The number of halogens is 2. The number of anilines is 1. The molecule has 1 heterocycles. The summed E-state index contributed by atoms with van der Waals surface area (Å²) in [5.41, 5.74) is 0.731. The number of ketones is 1. The van der Waals surface area contributed by atoms with Gasteiger partial charge in [0.1, 0.15) is 5.82 Å². The molecule has 3 rings (SSSR count). The van der Waals surface area contributed by atoms with Crippen molar-refractivity contribution in [2.75, 3.05) is 18.1 Å². The van der Waals surface area contributed by atoms with Crippen molar-refractivity contribution in [3.05, 3.63) is 64.4 Å². The van der Waals surface area contributed by atoms with Crippen LogP contribution in [0.3, 0.4) is 0 Å². The number of benzene rings is 2. The van der Waals surface area contributed by atoms with Gasteiger partial charge in [0.2, 0.25) is 5.91 Å². The van der Waals surface area contributed by atoms with Gasteiger partial charge < -0.3 is 9.64 Å². The molecule has 1 saturated heterocycles. The second kappa shape index (κ2) is 7.66. The van der Waals surface area contributed by atoms with E-state index < -0.39 is 24.2 Å². The maximum atomic E-state index is 13.6. The molecule has 1 aliphatic heterocycles. The highest BCUT2D eigenvalue weighted by Crippen LogP contribution is 2.22. The summed E-state index contributed by atoms with van der Waals surface area (Å²) in [6.45, 7) is 0.141. The number of nitrogens with zero attached hydrogens (tertiary/aromatic N) is 1. The van der Waals surface area contributed by atoms with E-state index >= 15 is 0 Å². The van der Waals surface area contributed by atoms with Gasteiger partial charge >= 0.3 is 5.97 Å². The van der Waals surface area contributed by atoms with Gasteiger partial charge in [-0.05, 0) is 48.9 Å². The first-order chi connectivity index (χ1) is 12.5. The van der Waals surface area contributed by atoms with Gasteiger partial charge in [0.25, 0.3) is 0 Å². The van der Waals surface area contributed by atoms with Crippen molar-refractivity contribution in [1.29, 1.82) is 0 Å². The van der Waals surface area contributed by atoms with Crippen molar-refractivity contribution >= 4 is 34.9 Å². The molecule has 7 heteroatoms. The Morgan fingerprint density at radius 3 is 2.54 bits per heavy atom. The first kappa shape index (κ1) is 18.1.